The smallest absolute Gasteiger partial charge is 0.238 e. The number of hydrogen-bond acceptors (Lipinski definition) is 3. The first kappa shape index (κ1) is 16.9. The van der Waals surface area contributed by atoms with Crippen molar-refractivity contribution in [1.29, 1.82) is 0 Å². The monoisotopic (exact) mass is 334 g/mol. The fourth-order valence-electron chi connectivity index (χ4n) is 2.12. The lowest BCUT2D eigenvalue weighted by molar-refractivity contribution is -0.115. The Kier molecular flexibility index (Phi) is 6.31. The summed E-state index contributed by atoms with van der Waals surface area (Å²) in [5.74, 6) is -0.0691. The van der Waals surface area contributed by atoms with Gasteiger partial charge in [-0.3, -0.25) is 4.79 Å². The molecule has 0 aliphatic carbocycles. The van der Waals surface area contributed by atoms with Crippen LogP contribution in [0.15, 0.2) is 53.4 Å². The van der Waals surface area contributed by atoms with E-state index in [0.29, 0.717) is 5.02 Å². The van der Waals surface area contributed by atoms with Gasteiger partial charge in [-0.15, -0.1) is 11.8 Å². The second kappa shape index (κ2) is 8.22. The first-order chi connectivity index (χ1) is 10.6. The SMILES string of the molecule is CSc1ccccc1NC(=O)CN[C@@H](C)c1ccccc1Cl. The minimum absolute atomic E-state index is 0.00949. The number of carbonyl (C=O) groups excluding carboxylic acids is 1. The normalized spacial score (nSPS) is 12.0. The van der Waals surface area contributed by atoms with Gasteiger partial charge < -0.3 is 10.6 Å². The van der Waals surface area contributed by atoms with E-state index in [1.807, 2.05) is 61.7 Å². The number of anilines is 1. The highest BCUT2D eigenvalue weighted by Gasteiger charge is 2.11. The predicted molar refractivity (Wildman–Crippen MR) is 94.7 cm³/mol. The van der Waals surface area contributed by atoms with E-state index >= 15 is 0 Å². The molecule has 0 radical (unpaired) electrons. The molecule has 2 N–H and O–H groups in total. The molecular weight excluding hydrogens is 316 g/mol. The molecule has 5 heteroatoms. The lowest BCUT2D eigenvalue weighted by atomic mass is 10.1. The van der Waals surface area contributed by atoms with Crippen LogP contribution < -0.4 is 10.6 Å². The molecule has 0 saturated carbocycles. The Morgan fingerprint density at radius 2 is 1.86 bits per heavy atom. The third-order valence-corrected chi connectivity index (χ3v) is 4.46. The number of rotatable bonds is 6. The van der Waals surface area contributed by atoms with Crippen molar-refractivity contribution < 1.29 is 4.79 Å². The standard InChI is InChI=1S/C17H19ClN2OS/c1-12(13-7-3-4-8-14(13)18)19-11-17(21)20-15-9-5-6-10-16(15)22-2/h3-10,12,19H,11H2,1-2H3,(H,20,21)/t12-/m0/s1. The topological polar surface area (TPSA) is 41.1 Å². The van der Waals surface area contributed by atoms with Gasteiger partial charge in [0, 0.05) is 16.0 Å². The van der Waals surface area contributed by atoms with Gasteiger partial charge in [0.2, 0.25) is 5.91 Å². The summed E-state index contributed by atoms with van der Waals surface area (Å²) in [6.45, 7) is 2.22. The zero-order chi connectivity index (χ0) is 15.9. The summed E-state index contributed by atoms with van der Waals surface area (Å²) in [4.78, 5) is 13.1. The maximum Gasteiger partial charge on any atom is 0.238 e. The fourth-order valence-corrected chi connectivity index (χ4v) is 2.98. The van der Waals surface area contributed by atoms with Crippen LogP contribution in [0.1, 0.15) is 18.5 Å². The van der Waals surface area contributed by atoms with Crippen LogP contribution in [0.4, 0.5) is 5.69 Å². The fraction of sp³-hybridized carbons (Fsp3) is 0.235. The van der Waals surface area contributed by atoms with E-state index in [1.54, 1.807) is 11.8 Å². The number of hydrogen-bond donors (Lipinski definition) is 2. The van der Waals surface area contributed by atoms with E-state index < -0.39 is 0 Å². The maximum atomic E-state index is 12.1. The van der Waals surface area contributed by atoms with Gasteiger partial charge in [0.25, 0.3) is 0 Å². The van der Waals surface area contributed by atoms with Crippen molar-refractivity contribution in [3.8, 4) is 0 Å². The largest absolute Gasteiger partial charge is 0.324 e. The molecule has 0 bridgehead atoms. The number of amides is 1. The Morgan fingerprint density at radius 1 is 1.18 bits per heavy atom. The first-order valence-corrected chi connectivity index (χ1v) is 8.62. The molecule has 0 heterocycles. The van der Waals surface area contributed by atoms with Crippen LogP contribution in [0.5, 0.6) is 0 Å². The van der Waals surface area contributed by atoms with Crippen molar-refractivity contribution in [1.82, 2.24) is 5.32 Å². The summed E-state index contributed by atoms with van der Waals surface area (Å²) < 4.78 is 0. The van der Waals surface area contributed by atoms with E-state index in [1.165, 1.54) is 0 Å². The van der Waals surface area contributed by atoms with E-state index in [4.69, 9.17) is 11.6 Å². The quantitative estimate of drug-likeness (QED) is 0.771. The molecule has 0 aromatic heterocycles. The second-order valence-corrected chi connectivity index (χ2v) is 6.13. The van der Waals surface area contributed by atoms with Crippen LogP contribution in [-0.4, -0.2) is 18.7 Å². The summed E-state index contributed by atoms with van der Waals surface area (Å²) in [5.41, 5.74) is 1.83. The van der Waals surface area contributed by atoms with E-state index in [0.717, 1.165) is 16.1 Å². The van der Waals surface area contributed by atoms with Crippen molar-refractivity contribution in [2.24, 2.45) is 0 Å². The Morgan fingerprint density at radius 3 is 2.59 bits per heavy atom. The van der Waals surface area contributed by atoms with Crippen molar-refractivity contribution >= 4 is 35.0 Å². The highest BCUT2D eigenvalue weighted by molar-refractivity contribution is 7.98. The summed E-state index contributed by atoms with van der Waals surface area (Å²) >= 11 is 7.77. The molecule has 0 aliphatic heterocycles. The van der Waals surface area contributed by atoms with Gasteiger partial charge >= 0.3 is 0 Å². The number of thioether (sulfide) groups is 1. The van der Waals surface area contributed by atoms with Gasteiger partial charge in [-0.2, -0.15) is 0 Å². The first-order valence-electron chi connectivity index (χ1n) is 7.02. The van der Waals surface area contributed by atoms with Crippen molar-refractivity contribution in [2.75, 3.05) is 18.1 Å². The van der Waals surface area contributed by atoms with E-state index in [-0.39, 0.29) is 18.5 Å². The van der Waals surface area contributed by atoms with Crippen molar-refractivity contribution in [3.63, 3.8) is 0 Å². The minimum atomic E-state index is -0.0691. The number of nitrogens with one attached hydrogen (secondary N) is 2. The van der Waals surface area contributed by atoms with Gasteiger partial charge in [-0.05, 0) is 36.9 Å². The summed E-state index contributed by atoms with van der Waals surface area (Å²) in [6, 6.07) is 15.4. The van der Waals surface area contributed by atoms with Gasteiger partial charge in [0.15, 0.2) is 0 Å². The Labute approximate surface area is 140 Å². The van der Waals surface area contributed by atoms with Crippen LogP contribution in [0, 0.1) is 0 Å². The third kappa shape index (κ3) is 4.50. The summed E-state index contributed by atoms with van der Waals surface area (Å²) in [5, 5.41) is 6.83. The Bertz CT molecular complexity index is 648. The second-order valence-electron chi connectivity index (χ2n) is 4.87. The highest BCUT2D eigenvalue weighted by Crippen LogP contribution is 2.24. The van der Waals surface area contributed by atoms with Crippen molar-refractivity contribution in [2.45, 2.75) is 17.9 Å². The predicted octanol–water partition coefficient (Wildman–Crippen LogP) is 4.35. The average Bonchev–Trinajstić information content (AvgIpc) is 2.53. The molecule has 0 saturated heterocycles. The molecule has 116 valence electrons. The van der Waals surface area contributed by atoms with Crippen LogP contribution in [-0.2, 0) is 4.79 Å². The summed E-state index contributed by atoms with van der Waals surface area (Å²) in [7, 11) is 0. The molecule has 1 amide bonds. The van der Waals surface area contributed by atoms with Gasteiger partial charge in [-0.25, -0.2) is 0 Å². The molecule has 3 nitrogen and oxygen atoms in total. The molecule has 1 atom stereocenters. The minimum Gasteiger partial charge on any atom is -0.324 e. The Balaban J connectivity index is 1.92. The number of benzene rings is 2. The van der Waals surface area contributed by atoms with Crippen molar-refractivity contribution in [3.05, 3.63) is 59.1 Å². The zero-order valence-corrected chi connectivity index (χ0v) is 14.2. The van der Waals surface area contributed by atoms with E-state index in [9.17, 15) is 4.79 Å². The van der Waals surface area contributed by atoms with Gasteiger partial charge in [0.1, 0.15) is 0 Å². The maximum absolute atomic E-state index is 12.1. The Hall–Kier alpha value is -1.49. The molecule has 2 aromatic carbocycles. The van der Waals surface area contributed by atoms with Gasteiger partial charge in [0.05, 0.1) is 12.2 Å². The molecule has 0 spiro atoms. The molecule has 0 unspecified atom stereocenters. The lowest BCUT2D eigenvalue weighted by Crippen LogP contribution is -2.30. The molecule has 22 heavy (non-hydrogen) atoms. The van der Waals surface area contributed by atoms with Crippen LogP contribution in [0.3, 0.4) is 0 Å². The van der Waals surface area contributed by atoms with Gasteiger partial charge in [-0.1, -0.05) is 41.9 Å². The number of halogens is 1. The summed E-state index contributed by atoms with van der Waals surface area (Å²) in [6.07, 6.45) is 1.99. The molecule has 0 fully saturated rings. The van der Waals surface area contributed by atoms with Crippen LogP contribution in [0.2, 0.25) is 5.02 Å². The number of carbonyl (C=O) groups is 1. The molecule has 2 rings (SSSR count). The van der Waals surface area contributed by atoms with E-state index in [2.05, 4.69) is 10.6 Å². The average molecular weight is 335 g/mol. The lowest BCUT2D eigenvalue weighted by Gasteiger charge is -2.16. The molecular formula is C17H19ClN2OS. The zero-order valence-electron chi connectivity index (χ0n) is 12.6. The molecule has 2 aromatic rings. The van der Waals surface area contributed by atoms with Crippen LogP contribution in [0.25, 0.3) is 0 Å². The molecule has 0 aliphatic rings. The third-order valence-electron chi connectivity index (χ3n) is 3.32. The van der Waals surface area contributed by atoms with Crippen LogP contribution >= 0.6 is 23.4 Å². The highest BCUT2D eigenvalue weighted by atomic mass is 35.5. The number of para-hydroxylation sites is 1.